The number of anilines is 1. The van der Waals surface area contributed by atoms with Gasteiger partial charge in [-0.15, -0.1) is 0 Å². The summed E-state index contributed by atoms with van der Waals surface area (Å²) in [7, 11) is 1.30. The van der Waals surface area contributed by atoms with Crippen LogP contribution in [0.2, 0.25) is 0 Å². The molecule has 0 atom stereocenters. The van der Waals surface area contributed by atoms with Crippen LogP contribution < -0.4 is 20.1 Å². The smallest absolute Gasteiger partial charge is 0.405 e. The van der Waals surface area contributed by atoms with Crippen molar-refractivity contribution in [3.63, 3.8) is 0 Å². The number of aryl methyl sites for hydroxylation is 1. The van der Waals surface area contributed by atoms with E-state index in [1.165, 1.54) is 25.3 Å². The molecule has 0 spiro atoms. The second-order valence-corrected chi connectivity index (χ2v) is 6.49. The number of hydrogen-bond donors (Lipinski definition) is 2. The van der Waals surface area contributed by atoms with Crippen LogP contribution in [0.25, 0.3) is 0 Å². The fraction of sp³-hybridized carbons (Fsp3) is 0.300. The number of amides is 2. The molecular weight excluding hydrogens is 435 g/mol. The summed E-state index contributed by atoms with van der Waals surface area (Å²) in [5.41, 5.74) is -0.429. The van der Waals surface area contributed by atoms with Gasteiger partial charge in [-0.3, -0.25) is 19.7 Å². The number of carbonyl (C=O) groups is 2. The van der Waals surface area contributed by atoms with Gasteiger partial charge < -0.3 is 20.1 Å². The molecule has 32 heavy (non-hydrogen) atoms. The molecule has 0 radical (unpaired) electrons. The molecule has 12 heteroatoms. The van der Waals surface area contributed by atoms with E-state index in [9.17, 15) is 32.9 Å². The van der Waals surface area contributed by atoms with E-state index in [1.807, 2.05) is 0 Å². The first-order valence-electron chi connectivity index (χ1n) is 9.23. The van der Waals surface area contributed by atoms with E-state index in [4.69, 9.17) is 9.47 Å². The van der Waals surface area contributed by atoms with Crippen LogP contribution in [-0.2, 0) is 0 Å². The maximum Gasteiger partial charge on any atom is 0.405 e. The Labute approximate surface area is 180 Å². The van der Waals surface area contributed by atoms with Crippen LogP contribution in [0.15, 0.2) is 30.3 Å². The minimum Gasteiger partial charge on any atom is -0.493 e. The van der Waals surface area contributed by atoms with Gasteiger partial charge in [-0.2, -0.15) is 13.2 Å². The Morgan fingerprint density at radius 2 is 1.81 bits per heavy atom. The highest BCUT2D eigenvalue weighted by atomic mass is 19.4. The van der Waals surface area contributed by atoms with Gasteiger partial charge in [0, 0.05) is 17.3 Å². The first-order chi connectivity index (χ1) is 15.0. The standard InChI is InChI=1S/C20H20F3N3O6/c1-4-32-17-9-15(26(29)30)13(8-16(17)31-3)19(28)25-14-7-12(6-5-11(14)2)18(27)24-10-20(21,22)23/h5-9H,4,10H2,1-3H3,(H,24,27)(H,25,28). The summed E-state index contributed by atoms with van der Waals surface area (Å²) >= 11 is 0. The Morgan fingerprint density at radius 3 is 2.38 bits per heavy atom. The maximum absolute atomic E-state index is 12.8. The molecule has 0 aromatic heterocycles. The average molecular weight is 455 g/mol. The van der Waals surface area contributed by atoms with Gasteiger partial charge in [0.2, 0.25) is 0 Å². The summed E-state index contributed by atoms with van der Waals surface area (Å²) < 4.78 is 47.4. The van der Waals surface area contributed by atoms with Gasteiger partial charge in [0.25, 0.3) is 17.5 Å². The number of nitrogens with zero attached hydrogens (tertiary/aromatic N) is 1. The van der Waals surface area contributed by atoms with Crippen molar-refractivity contribution in [1.82, 2.24) is 5.32 Å². The van der Waals surface area contributed by atoms with Crippen molar-refractivity contribution >= 4 is 23.2 Å². The van der Waals surface area contributed by atoms with Crippen LogP contribution in [0.4, 0.5) is 24.5 Å². The molecule has 0 fully saturated rings. The maximum atomic E-state index is 12.8. The Morgan fingerprint density at radius 1 is 1.12 bits per heavy atom. The quantitative estimate of drug-likeness (QED) is 0.461. The summed E-state index contributed by atoms with van der Waals surface area (Å²) in [6.45, 7) is 1.95. The van der Waals surface area contributed by atoms with Gasteiger partial charge >= 0.3 is 6.18 Å². The number of nitro benzene ring substituents is 1. The third-order valence-corrected chi connectivity index (χ3v) is 4.22. The van der Waals surface area contributed by atoms with E-state index in [0.717, 1.165) is 12.1 Å². The molecule has 0 heterocycles. The second kappa shape index (κ2) is 9.98. The lowest BCUT2D eigenvalue weighted by Crippen LogP contribution is -2.33. The molecule has 2 amide bonds. The Balaban J connectivity index is 2.36. The number of halogens is 3. The SMILES string of the molecule is CCOc1cc([N+](=O)[O-])c(C(=O)Nc2cc(C(=O)NCC(F)(F)F)ccc2C)cc1OC. The molecule has 0 bridgehead atoms. The van der Waals surface area contributed by atoms with Crippen LogP contribution in [0, 0.1) is 17.0 Å². The molecule has 2 aromatic carbocycles. The lowest BCUT2D eigenvalue weighted by molar-refractivity contribution is -0.385. The van der Waals surface area contributed by atoms with Gasteiger partial charge in [-0.05, 0) is 31.5 Å². The number of benzene rings is 2. The monoisotopic (exact) mass is 455 g/mol. The largest absolute Gasteiger partial charge is 0.493 e. The zero-order chi connectivity index (χ0) is 24.1. The third-order valence-electron chi connectivity index (χ3n) is 4.22. The minimum absolute atomic E-state index is 0.0813. The minimum atomic E-state index is -4.58. The highest BCUT2D eigenvalue weighted by Gasteiger charge is 2.28. The molecule has 0 saturated heterocycles. The van der Waals surface area contributed by atoms with Gasteiger partial charge in [-0.1, -0.05) is 6.07 Å². The van der Waals surface area contributed by atoms with Crippen molar-refractivity contribution in [3.05, 3.63) is 57.1 Å². The van der Waals surface area contributed by atoms with E-state index < -0.39 is 35.1 Å². The van der Waals surface area contributed by atoms with E-state index >= 15 is 0 Å². The van der Waals surface area contributed by atoms with Crippen LogP contribution in [0.1, 0.15) is 33.2 Å². The van der Waals surface area contributed by atoms with E-state index in [0.29, 0.717) is 5.56 Å². The lowest BCUT2D eigenvalue weighted by Gasteiger charge is -2.14. The first kappa shape index (κ1) is 24.4. The highest BCUT2D eigenvalue weighted by molar-refractivity contribution is 6.08. The van der Waals surface area contributed by atoms with Gasteiger partial charge in [-0.25, -0.2) is 0 Å². The molecule has 0 unspecified atom stereocenters. The lowest BCUT2D eigenvalue weighted by atomic mass is 10.1. The van der Waals surface area contributed by atoms with Crippen molar-refractivity contribution in [2.24, 2.45) is 0 Å². The van der Waals surface area contributed by atoms with Crippen molar-refractivity contribution in [3.8, 4) is 11.5 Å². The highest BCUT2D eigenvalue weighted by Crippen LogP contribution is 2.35. The van der Waals surface area contributed by atoms with Crippen molar-refractivity contribution < 1.29 is 37.2 Å². The first-order valence-corrected chi connectivity index (χ1v) is 9.23. The molecule has 0 aliphatic heterocycles. The predicted octanol–water partition coefficient (Wildman–Crippen LogP) is 3.85. The Kier molecular flexibility index (Phi) is 7.63. The normalized spacial score (nSPS) is 10.9. The molecule has 2 N–H and O–H groups in total. The summed E-state index contributed by atoms with van der Waals surface area (Å²) in [5, 5.41) is 15.7. The van der Waals surface area contributed by atoms with Crippen LogP contribution in [-0.4, -0.2) is 43.2 Å². The van der Waals surface area contributed by atoms with Crippen LogP contribution >= 0.6 is 0 Å². The molecule has 0 saturated carbocycles. The molecule has 9 nitrogen and oxygen atoms in total. The molecule has 2 aromatic rings. The Bertz CT molecular complexity index is 1040. The fourth-order valence-corrected chi connectivity index (χ4v) is 2.68. The summed E-state index contributed by atoms with van der Waals surface area (Å²) in [6, 6.07) is 6.10. The summed E-state index contributed by atoms with van der Waals surface area (Å²) in [5.74, 6) is -1.70. The number of carbonyl (C=O) groups excluding carboxylic acids is 2. The number of nitro groups is 1. The topological polar surface area (TPSA) is 120 Å². The number of ether oxygens (including phenoxy) is 2. The van der Waals surface area contributed by atoms with E-state index in [-0.39, 0.29) is 34.9 Å². The fourth-order valence-electron chi connectivity index (χ4n) is 2.68. The average Bonchev–Trinajstić information content (AvgIpc) is 2.72. The predicted molar refractivity (Wildman–Crippen MR) is 108 cm³/mol. The van der Waals surface area contributed by atoms with E-state index in [1.54, 1.807) is 19.2 Å². The number of hydrogen-bond acceptors (Lipinski definition) is 6. The summed E-state index contributed by atoms with van der Waals surface area (Å²) in [4.78, 5) is 35.5. The number of alkyl halides is 3. The Hall–Kier alpha value is -3.83. The molecule has 172 valence electrons. The van der Waals surface area contributed by atoms with Crippen molar-refractivity contribution in [1.29, 1.82) is 0 Å². The van der Waals surface area contributed by atoms with Gasteiger partial charge in [0.1, 0.15) is 12.1 Å². The molecular formula is C20H20F3N3O6. The third kappa shape index (κ3) is 6.09. The van der Waals surface area contributed by atoms with Crippen LogP contribution in [0.5, 0.6) is 11.5 Å². The van der Waals surface area contributed by atoms with Crippen molar-refractivity contribution in [2.45, 2.75) is 20.0 Å². The summed E-state index contributed by atoms with van der Waals surface area (Å²) in [6.07, 6.45) is -4.58. The van der Waals surface area contributed by atoms with Gasteiger partial charge in [0.05, 0.1) is 24.7 Å². The van der Waals surface area contributed by atoms with Crippen LogP contribution in [0.3, 0.4) is 0 Å². The van der Waals surface area contributed by atoms with Gasteiger partial charge in [0.15, 0.2) is 11.5 Å². The molecule has 0 aliphatic rings. The number of rotatable bonds is 8. The number of methoxy groups -OCH3 is 1. The van der Waals surface area contributed by atoms with E-state index in [2.05, 4.69) is 5.32 Å². The zero-order valence-electron chi connectivity index (χ0n) is 17.3. The second-order valence-electron chi connectivity index (χ2n) is 6.49. The molecule has 2 rings (SSSR count). The zero-order valence-corrected chi connectivity index (χ0v) is 17.3. The van der Waals surface area contributed by atoms with Crippen molar-refractivity contribution in [2.75, 3.05) is 25.6 Å². The number of nitrogens with one attached hydrogen (secondary N) is 2. The molecule has 0 aliphatic carbocycles.